The topological polar surface area (TPSA) is 105 Å². The quantitative estimate of drug-likeness (QED) is 0.430. The van der Waals surface area contributed by atoms with Crippen molar-refractivity contribution in [2.24, 2.45) is 11.8 Å². The molecule has 2 aliphatic carbocycles. The van der Waals surface area contributed by atoms with Crippen LogP contribution in [0.5, 0.6) is 0 Å². The van der Waals surface area contributed by atoms with Crippen LogP contribution in [0.1, 0.15) is 74.5 Å². The fourth-order valence-electron chi connectivity index (χ4n) is 5.38. The lowest BCUT2D eigenvalue weighted by Gasteiger charge is -2.25. The van der Waals surface area contributed by atoms with Crippen molar-refractivity contribution in [3.63, 3.8) is 0 Å². The predicted octanol–water partition coefficient (Wildman–Crippen LogP) is 4.66. The Morgan fingerprint density at radius 1 is 1.06 bits per heavy atom. The van der Waals surface area contributed by atoms with E-state index in [-0.39, 0.29) is 0 Å². The van der Waals surface area contributed by atoms with Gasteiger partial charge in [-0.25, -0.2) is 0 Å². The van der Waals surface area contributed by atoms with Crippen molar-refractivity contribution in [2.45, 2.75) is 64.6 Å². The number of tetrazole rings is 1. The Morgan fingerprint density at radius 2 is 1.89 bits per heavy atom. The highest BCUT2D eigenvalue weighted by Crippen LogP contribution is 2.36. The van der Waals surface area contributed by atoms with Gasteiger partial charge in [-0.1, -0.05) is 50.1 Å². The van der Waals surface area contributed by atoms with Crippen LogP contribution in [0.25, 0.3) is 22.4 Å². The summed E-state index contributed by atoms with van der Waals surface area (Å²) >= 11 is 0. The maximum atomic E-state index is 11.1. The largest absolute Gasteiger partial charge is 0.369 e. The van der Waals surface area contributed by atoms with E-state index in [2.05, 4.69) is 63.2 Å². The van der Waals surface area contributed by atoms with E-state index in [9.17, 15) is 5.11 Å². The van der Waals surface area contributed by atoms with Gasteiger partial charge in [-0.2, -0.15) is 10.3 Å². The van der Waals surface area contributed by atoms with E-state index in [0.29, 0.717) is 11.4 Å². The third-order valence-electron chi connectivity index (χ3n) is 7.57. The van der Waals surface area contributed by atoms with E-state index < -0.39 is 6.23 Å². The van der Waals surface area contributed by atoms with Gasteiger partial charge in [0.25, 0.3) is 0 Å². The number of hydrogen-bond donors (Lipinski definition) is 3. The molecular formula is C28H33N7O. The Labute approximate surface area is 211 Å². The molecule has 6 rings (SSSR count). The molecule has 8 heteroatoms. The zero-order valence-electron chi connectivity index (χ0n) is 20.7. The number of nitrogens with zero attached hydrogens (tertiary/aromatic N) is 5. The number of aliphatic hydroxyl groups is 1. The summed E-state index contributed by atoms with van der Waals surface area (Å²) in [4.78, 5) is 0. The molecule has 2 atom stereocenters. The van der Waals surface area contributed by atoms with Gasteiger partial charge in [0.1, 0.15) is 0 Å². The Hall–Kier alpha value is -3.52. The normalized spacial score (nSPS) is 22.3. The Balaban J connectivity index is 1.30. The lowest BCUT2D eigenvalue weighted by atomic mass is 9.84. The number of allylic oxidation sites excluding steroid dienone is 4. The lowest BCUT2D eigenvalue weighted by Crippen LogP contribution is -2.32. The van der Waals surface area contributed by atoms with Crippen LogP contribution in [0.3, 0.4) is 0 Å². The van der Waals surface area contributed by atoms with E-state index >= 15 is 0 Å². The summed E-state index contributed by atoms with van der Waals surface area (Å²) in [5, 5.41) is 33.6. The highest BCUT2D eigenvalue weighted by Gasteiger charge is 2.29. The van der Waals surface area contributed by atoms with Gasteiger partial charge in [0.15, 0.2) is 6.23 Å². The first-order valence-corrected chi connectivity index (χ1v) is 13.2. The van der Waals surface area contributed by atoms with Gasteiger partial charge in [0, 0.05) is 24.0 Å². The van der Waals surface area contributed by atoms with Gasteiger partial charge in [-0.05, 0) is 78.0 Å². The molecule has 3 aliphatic rings. The van der Waals surface area contributed by atoms with Crippen LogP contribution in [-0.4, -0.2) is 41.7 Å². The van der Waals surface area contributed by atoms with Gasteiger partial charge in [-0.15, -0.1) is 10.2 Å². The van der Waals surface area contributed by atoms with E-state index in [0.717, 1.165) is 47.3 Å². The van der Waals surface area contributed by atoms with Gasteiger partial charge in [-0.3, -0.25) is 4.68 Å². The fourth-order valence-corrected chi connectivity index (χ4v) is 5.38. The molecule has 1 aromatic carbocycles. The third-order valence-corrected chi connectivity index (χ3v) is 7.57. The predicted molar refractivity (Wildman–Crippen MR) is 140 cm³/mol. The summed E-state index contributed by atoms with van der Waals surface area (Å²) in [5.74, 6) is 1.92. The fraction of sp³-hybridized carbons (Fsp3) is 0.429. The zero-order chi connectivity index (χ0) is 24.5. The Kier molecular flexibility index (Phi) is 6.27. The summed E-state index contributed by atoms with van der Waals surface area (Å²) < 4.78 is 1.99. The van der Waals surface area contributed by atoms with Gasteiger partial charge >= 0.3 is 0 Å². The molecule has 1 aliphatic heterocycles. The highest BCUT2D eigenvalue weighted by molar-refractivity contribution is 6.00. The first-order chi connectivity index (χ1) is 17.7. The molecular weight excluding hydrogens is 450 g/mol. The molecule has 0 spiro atoms. The van der Waals surface area contributed by atoms with Crippen LogP contribution < -0.4 is 5.32 Å². The van der Waals surface area contributed by atoms with Gasteiger partial charge in [0.05, 0.1) is 11.3 Å². The average Bonchev–Trinajstić information content (AvgIpc) is 3.34. The minimum atomic E-state index is -0.984. The van der Waals surface area contributed by atoms with Crippen LogP contribution in [0.15, 0.2) is 48.7 Å². The van der Waals surface area contributed by atoms with Crippen molar-refractivity contribution in [1.82, 2.24) is 35.7 Å². The SMILES string of the molecule is CCCC1CC=C(c2ccc(C3=CC(c4ccn(CC5CC5)n4)=C(c4nn[nH]n4)C(O)N3)cc2)CC1. The Morgan fingerprint density at radius 3 is 2.58 bits per heavy atom. The number of aliphatic hydroxyl groups excluding tert-OH is 1. The van der Waals surface area contributed by atoms with Crippen molar-refractivity contribution >= 4 is 22.4 Å². The first-order valence-electron chi connectivity index (χ1n) is 13.2. The molecule has 0 bridgehead atoms. The van der Waals surface area contributed by atoms with Crippen LogP contribution in [-0.2, 0) is 6.54 Å². The minimum Gasteiger partial charge on any atom is -0.369 e. The summed E-state index contributed by atoms with van der Waals surface area (Å²) in [6, 6.07) is 10.6. The van der Waals surface area contributed by atoms with Crippen LogP contribution >= 0.6 is 0 Å². The summed E-state index contributed by atoms with van der Waals surface area (Å²) in [5.41, 5.74) is 6.74. The number of nitrogens with one attached hydrogen (secondary N) is 2. The summed E-state index contributed by atoms with van der Waals surface area (Å²) in [6.07, 6.45) is 14.2. The third kappa shape index (κ3) is 4.78. The zero-order valence-corrected chi connectivity index (χ0v) is 20.7. The van der Waals surface area contributed by atoms with E-state index in [4.69, 9.17) is 5.10 Å². The number of aromatic amines is 1. The summed E-state index contributed by atoms with van der Waals surface area (Å²) in [7, 11) is 0. The molecule has 0 radical (unpaired) electrons. The molecule has 1 fully saturated rings. The second kappa shape index (κ2) is 9.85. The minimum absolute atomic E-state index is 0.359. The molecule has 3 heterocycles. The van der Waals surface area contributed by atoms with E-state index in [1.165, 1.54) is 49.7 Å². The number of H-pyrrole nitrogens is 1. The number of benzene rings is 1. The second-order valence-electron chi connectivity index (χ2n) is 10.3. The van der Waals surface area contributed by atoms with Gasteiger partial charge in [0.2, 0.25) is 5.82 Å². The van der Waals surface area contributed by atoms with Crippen molar-refractivity contribution < 1.29 is 5.11 Å². The molecule has 0 amide bonds. The lowest BCUT2D eigenvalue weighted by molar-refractivity contribution is 0.214. The summed E-state index contributed by atoms with van der Waals surface area (Å²) in [6.45, 7) is 3.20. The molecule has 3 N–H and O–H groups in total. The van der Waals surface area contributed by atoms with Crippen molar-refractivity contribution in [2.75, 3.05) is 0 Å². The van der Waals surface area contributed by atoms with Crippen molar-refractivity contribution in [3.05, 3.63) is 71.3 Å². The number of dihydropyridines is 1. The Bertz CT molecular complexity index is 1300. The van der Waals surface area contributed by atoms with Crippen LogP contribution in [0.4, 0.5) is 0 Å². The molecule has 8 nitrogen and oxygen atoms in total. The smallest absolute Gasteiger partial charge is 0.205 e. The average molecular weight is 484 g/mol. The first kappa shape index (κ1) is 22.9. The molecule has 2 unspecified atom stereocenters. The van der Waals surface area contributed by atoms with E-state index in [1.54, 1.807) is 0 Å². The maximum Gasteiger partial charge on any atom is 0.205 e. The van der Waals surface area contributed by atoms with Crippen LogP contribution in [0.2, 0.25) is 0 Å². The number of aromatic nitrogens is 6. The monoisotopic (exact) mass is 483 g/mol. The maximum absolute atomic E-state index is 11.1. The van der Waals surface area contributed by atoms with Gasteiger partial charge < -0.3 is 10.4 Å². The van der Waals surface area contributed by atoms with Crippen LogP contribution in [0, 0.1) is 11.8 Å². The molecule has 36 heavy (non-hydrogen) atoms. The molecule has 186 valence electrons. The highest BCUT2D eigenvalue weighted by atomic mass is 16.3. The van der Waals surface area contributed by atoms with Crippen molar-refractivity contribution in [1.29, 1.82) is 0 Å². The molecule has 0 saturated heterocycles. The molecule has 1 saturated carbocycles. The second-order valence-corrected chi connectivity index (χ2v) is 10.3. The van der Waals surface area contributed by atoms with Crippen molar-refractivity contribution in [3.8, 4) is 0 Å². The number of rotatable bonds is 8. The van der Waals surface area contributed by atoms with E-state index in [1.807, 2.05) is 23.0 Å². The molecule has 3 aromatic rings. The standard InChI is InChI=1S/C28H33N7O/c1-2-3-18-6-8-20(9-7-18)21-10-12-22(13-11-21)25-16-23(24-14-15-35(32-24)17-19-4-5-19)26(28(36)29-25)27-30-33-34-31-27/h8,10-16,18-19,28-29,36H,2-7,9,17H2,1H3,(H,30,31,33,34). The number of hydrogen-bond acceptors (Lipinski definition) is 6. The molecule has 2 aromatic heterocycles.